The van der Waals surface area contributed by atoms with E-state index in [1.54, 1.807) is 4.90 Å². The van der Waals surface area contributed by atoms with Crippen LogP contribution >= 0.6 is 0 Å². The van der Waals surface area contributed by atoms with E-state index in [4.69, 9.17) is 0 Å². The number of fused-ring (bicyclic) bond motifs is 1. The van der Waals surface area contributed by atoms with Crippen LogP contribution in [-0.2, 0) is 11.3 Å². The fraction of sp³-hybridized carbons (Fsp3) is 0.0870. The molecule has 0 fully saturated rings. The molecule has 156 valence electrons. The van der Waals surface area contributed by atoms with Crippen molar-refractivity contribution in [3.8, 4) is 0 Å². The van der Waals surface area contributed by atoms with E-state index in [2.05, 4.69) is 10.6 Å². The standard InChI is InChI=1S/C23H20N4O4/c1-15(28)24-19-12-11-17(27(30)31)13-18(19)22-23(29)26(14-16-7-3-2-4-8-16)21-10-6-5-9-20(21)25-22/h2-13,25,29H,14H2,1H3,(H,24,28)/p-1. The van der Waals surface area contributed by atoms with Gasteiger partial charge in [0.25, 0.3) is 5.69 Å². The van der Waals surface area contributed by atoms with Crippen LogP contribution in [-0.4, -0.2) is 10.8 Å². The predicted octanol–water partition coefficient (Wildman–Crippen LogP) is 3.67. The summed E-state index contributed by atoms with van der Waals surface area (Å²) in [7, 11) is 0. The maximum atomic E-state index is 13.6. The molecule has 0 spiro atoms. The summed E-state index contributed by atoms with van der Waals surface area (Å²) in [6, 6.07) is 20.9. The van der Waals surface area contributed by atoms with Crippen LogP contribution in [0, 0.1) is 10.1 Å². The molecule has 1 heterocycles. The second kappa shape index (κ2) is 8.19. The van der Waals surface area contributed by atoms with Gasteiger partial charge in [0, 0.05) is 31.2 Å². The number of rotatable bonds is 5. The lowest BCUT2D eigenvalue weighted by molar-refractivity contribution is -0.384. The van der Waals surface area contributed by atoms with E-state index in [1.807, 2.05) is 54.6 Å². The Balaban J connectivity index is 1.87. The molecule has 4 rings (SSSR count). The molecule has 3 aromatic rings. The van der Waals surface area contributed by atoms with Gasteiger partial charge in [-0.25, -0.2) is 0 Å². The van der Waals surface area contributed by atoms with E-state index in [1.165, 1.54) is 25.1 Å². The number of hydrogen-bond acceptors (Lipinski definition) is 6. The quantitative estimate of drug-likeness (QED) is 0.486. The molecular weight excluding hydrogens is 396 g/mol. The van der Waals surface area contributed by atoms with Gasteiger partial charge in [-0.15, -0.1) is 0 Å². The molecule has 0 bridgehead atoms. The van der Waals surface area contributed by atoms with Crippen LogP contribution in [0.15, 0.2) is 78.7 Å². The molecule has 0 saturated carbocycles. The van der Waals surface area contributed by atoms with Gasteiger partial charge in [-0.05, 0) is 29.6 Å². The molecular formula is C23H19N4O4-. The number of nitro groups is 1. The van der Waals surface area contributed by atoms with Crippen molar-refractivity contribution in [3.05, 3.63) is 99.9 Å². The second-order valence-corrected chi connectivity index (χ2v) is 7.06. The van der Waals surface area contributed by atoms with Crippen molar-refractivity contribution in [3.63, 3.8) is 0 Å². The van der Waals surface area contributed by atoms with E-state index in [9.17, 15) is 20.0 Å². The largest absolute Gasteiger partial charge is 0.859 e. The minimum absolute atomic E-state index is 0.155. The highest BCUT2D eigenvalue weighted by atomic mass is 16.6. The molecule has 2 N–H and O–H groups in total. The first-order valence-corrected chi connectivity index (χ1v) is 9.59. The van der Waals surface area contributed by atoms with Gasteiger partial charge in [-0.1, -0.05) is 42.5 Å². The smallest absolute Gasteiger partial charge is 0.270 e. The molecule has 1 aliphatic rings. The van der Waals surface area contributed by atoms with E-state index >= 15 is 0 Å². The maximum absolute atomic E-state index is 13.6. The van der Waals surface area contributed by atoms with Crippen LogP contribution in [0.3, 0.4) is 0 Å². The molecule has 0 radical (unpaired) electrons. The van der Waals surface area contributed by atoms with E-state index in [0.29, 0.717) is 23.6 Å². The molecule has 3 aromatic carbocycles. The zero-order chi connectivity index (χ0) is 22.0. The van der Waals surface area contributed by atoms with Gasteiger partial charge in [0.15, 0.2) is 0 Å². The number of para-hydroxylation sites is 2. The van der Waals surface area contributed by atoms with Crippen LogP contribution in [0.4, 0.5) is 22.7 Å². The number of non-ortho nitro benzene ring substituents is 1. The second-order valence-electron chi connectivity index (χ2n) is 7.06. The molecule has 0 unspecified atom stereocenters. The number of carbonyl (C=O) groups is 1. The molecule has 0 aromatic heterocycles. The van der Waals surface area contributed by atoms with Crippen molar-refractivity contribution >= 4 is 34.4 Å². The Bertz CT molecular complexity index is 1190. The maximum Gasteiger partial charge on any atom is 0.270 e. The van der Waals surface area contributed by atoms with Gasteiger partial charge >= 0.3 is 0 Å². The van der Waals surface area contributed by atoms with Gasteiger partial charge in [-0.3, -0.25) is 14.9 Å². The minimum Gasteiger partial charge on any atom is -0.859 e. The molecule has 0 saturated heterocycles. The Labute approximate surface area is 178 Å². The summed E-state index contributed by atoms with van der Waals surface area (Å²) in [6.07, 6.45) is 0. The van der Waals surface area contributed by atoms with Crippen molar-refractivity contribution in [1.29, 1.82) is 0 Å². The van der Waals surface area contributed by atoms with Crippen LogP contribution in [0.2, 0.25) is 0 Å². The van der Waals surface area contributed by atoms with Crippen molar-refractivity contribution in [2.75, 3.05) is 15.5 Å². The van der Waals surface area contributed by atoms with Crippen LogP contribution < -0.4 is 20.6 Å². The van der Waals surface area contributed by atoms with Gasteiger partial charge in [0.2, 0.25) is 5.91 Å². The summed E-state index contributed by atoms with van der Waals surface area (Å²) in [5.74, 6) is -0.699. The lowest BCUT2D eigenvalue weighted by Gasteiger charge is -2.40. The fourth-order valence-corrected chi connectivity index (χ4v) is 3.50. The average Bonchev–Trinajstić information content (AvgIpc) is 2.76. The van der Waals surface area contributed by atoms with Crippen molar-refractivity contribution in [2.45, 2.75) is 13.5 Å². The van der Waals surface area contributed by atoms with Gasteiger partial charge in [0.05, 0.1) is 27.7 Å². The third kappa shape index (κ3) is 4.04. The topological polar surface area (TPSA) is 111 Å². The molecule has 0 aliphatic carbocycles. The number of amides is 1. The molecule has 8 heteroatoms. The summed E-state index contributed by atoms with van der Waals surface area (Å²) in [5.41, 5.74) is 2.87. The van der Waals surface area contributed by atoms with E-state index in [0.717, 1.165) is 5.56 Å². The van der Waals surface area contributed by atoms with Gasteiger partial charge < -0.3 is 20.6 Å². The Morgan fingerprint density at radius 3 is 2.48 bits per heavy atom. The molecule has 8 nitrogen and oxygen atoms in total. The highest BCUT2D eigenvalue weighted by Gasteiger charge is 2.24. The highest BCUT2D eigenvalue weighted by Crippen LogP contribution is 2.40. The lowest BCUT2D eigenvalue weighted by atomic mass is 10.0. The van der Waals surface area contributed by atoms with Crippen LogP contribution in [0.5, 0.6) is 0 Å². The first-order valence-electron chi connectivity index (χ1n) is 9.59. The monoisotopic (exact) mass is 415 g/mol. The SMILES string of the molecule is CC(=O)Nc1ccc([N+](=O)[O-])cc1C1=C([O-])N(Cc2ccccc2)c2ccccc2N1. The Hall–Kier alpha value is -4.33. The minimum atomic E-state index is -0.537. The number of nitrogens with one attached hydrogen (secondary N) is 2. The third-order valence-corrected chi connectivity index (χ3v) is 4.89. The third-order valence-electron chi connectivity index (χ3n) is 4.89. The van der Waals surface area contributed by atoms with Crippen LogP contribution in [0.1, 0.15) is 18.1 Å². The first-order chi connectivity index (χ1) is 14.9. The van der Waals surface area contributed by atoms with E-state index < -0.39 is 4.92 Å². The van der Waals surface area contributed by atoms with Gasteiger partial charge in [0.1, 0.15) is 0 Å². The van der Waals surface area contributed by atoms with Crippen molar-refractivity contribution < 1.29 is 14.8 Å². The number of anilines is 3. The molecule has 31 heavy (non-hydrogen) atoms. The van der Waals surface area contributed by atoms with Crippen LogP contribution in [0.25, 0.3) is 5.70 Å². The normalized spacial score (nSPS) is 12.7. The molecule has 1 amide bonds. The number of benzene rings is 3. The number of hydrogen-bond donors (Lipinski definition) is 2. The molecule has 0 atom stereocenters. The fourth-order valence-electron chi connectivity index (χ4n) is 3.50. The Morgan fingerprint density at radius 2 is 1.77 bits per heavy atom. The summed E-state index contributed by atoms with van der Waals surface area (Å²) in [4.78, 5) is 24.1. The summed E-state index contributed by atoms with van der Waals surface area (Å²) in [6.45, 7) is 1.66. The lowest BCUT2D eigenvalue weighted by Crippen LogP contribution is -2.35. The van der Waals surface area contributed by atoms with E-state index in [-0.39, 0.29) is 28.7 Å². The zero-order valence-electron chi connectivity index (χ0n) is 16.7. The summed E-state index contributed by atoms with van der Waals surface area (Å²) < 4.78 is 0. The first kappa shape index (κ1) is 20.0. The van der Waals surface area contributed by atoms with Crippen molar-refractivity contribution in [2.24, 2.45) is 0 Å². The highest BCUT2D eigenvalue weighted by molar-refractivity contribution is 5.98. The van der Waals surface area contributed by atoms with Crippen molar-refractivity contribution in [1.82, 2.24) is 0 Å². The predicted molar refractivity (Wildman–Crippen MR) is 117 cm³/mol. The Kier molecular flexibility index (Phi) is 5.28. The summed E-state index contributed by atoms with van der Waals surface area (Å²) >= 11 is 0. The number of carbonyl (C=O) groups excluding carboxylic acids is 1. The Morgan fingerprint density at radius 1 is 1.06 bits per heavy atom. The zero-order valence-corrected chi connectivity index (χ0v) is 16.7. The molecule has 1 aliphatic heterocycles. The van der Waals surface area contributed by atoms with Gasteiger partial charge in [-0.2, -0.15) is 0 Å². The number of nitro benzene ring substituents is 1. The average molecular weight is 415 g/mol. The summed E-state index contributed by atoms with van der Waals surface area (Å²) in [5, 5.41) is 30.7. The number of nitrogens with zero attached hydrogens (tertiary/aromatic N) is 2.